The van der Waals surface area contributed by atoms with E-state index in [1.807, 2.05) is 30.3 Å². The van der Waals surface area contributed by atoms with Gasteiger partial charge >= 0.3 is 0 Å². The summed E-state index contributed by atoms with van der Waals surface area (Å²) in [6, 6.07) is 11.6. The zero-order chi connectivity index (χ0) is 23.2. The van der Waals surface area contributed by atoms with Crippen LogP contribution in [0.15, 0.2) is 34.9 Å². The van der Waals surface area contributed by atoms with Crippen molar-refractivity contribution in [3.63, 3.8) is 0 Å². The summed E-state index contributed by atoms with van der Waals surface area (Å²) in [5.74, 6) is 0.797. The van der Waals surface area contributed by atoms with E-state index in [1.165, 1.54) is 16.2 Å². The first-order valence-electron chi connectivity index (χ1n) is 11.5. The number of ether oxygens (including phenoxy) is 1. The maximum atomic E-state index is 13.7. The van der Waals surface area contributed by atoms with E-state index in [2.05, 4.69) is 21.5 Å². The number of anilines is 1. The first-order chi connectivity index (χ1) is 16.7. The molecule has 4 aromatic rings. The van der Waals surface area contributed by atoms with Gasteiger partial charge in [-0.25, -0.2) is 4.98 Å². The van der Waals surface area contributed by atoms with Crippen LogP contribution in [0.1, 0.15) is 63.7 Å². The monoisotopic (exact) mass is 470 g/mol. The van der Waals surface area contributed by atoms with Crippen LogP contribution in [0.5, 0.6) is 5.75 Å². The number of aromatic nitrogens is 2. The van der Waals surface area contributed by atoms with Gasteiger partial charge in [0.05, 0.1) is 23.6 Å². The number of nitrogens with one attached hydrogen (secondary N) is 1. The van der Waals surface area contributed by atoms with Crippen molar-refractivity contribution < 1.29 is 14.1 Å². The number of carbonyl (C=O) groups is 1. The number of nitriles is 1. The Bertz CT molecular complexity index is 1460. The molecule has 2 aliphatic rings. The Hall–Kier alpha value is -3.70. The molecule has 1 saturated carbocycles. The maximum absolute atomic E-state index is 13.7. The molecule has 0 bridgehead atoms. The molecule has 1 fully saturated rings. The van der Waals surface area contributed by atoms with E-state index in [4.69, 9.17) is 9.26 Å². The highest BCUT2D eigenvalue weighted by atomic mass is 32.1. The summed E-state index contributed by atoms with van der Waals surface area (Å²) < 4.78 is 10.9. The number of hydrogen-bond acceptors (Lipinski definition) is 7. The molecule has 170 valence electrons. The molecule has 0 radical (unpaired) electrons. The minimum Gasteiger partial charge on any atom is -0.497 e. The Morgan fingerprint density at radius 3 is 2.76 bits per heavy atom. The molecule has 1 aromatic carbocycles. The van der Waals surface area contributed by atoms with Crippen molar-refractivity contribution in [3.05, 3.63) is 57.6 Å². The SMILES string of the molecule is COc1ccc(-c2noc3nc(C4CC4)cc(C(=O)Nc4sc5c(c4C#N)CCCC5)c23)cc1. The molecule has 3 aromatic heterocycles. The van der Waals surface area contributed by atoms with Gasteiger partial charge in [-0.3, -0.25) is 4.79 Å². The van der Waals surface area contributed by atoms with Crippen LogP contribution in [-0.4, -0.2) is 23.2 Å². The van der Waals surface area contributed by atoms with Crippen LogP contribution >= 0.6 is 11.3 Å². The van der Waals surface area contributed by atoms with Crippen molar-refractivity contribution in [1.82, 2.24) is 10.1 Å². The number of carbonyl (C=O) groups excluding carboxylic acids is 1. The Kier molecular flexibility index (Phi) is 5.07. The molecule has 34 heavy (non-hydrogen) atoms. The van der Waals surface area contributed by atoms with Crippen LogP contribution in [0.3, 0.4) is 0 Å². The number of hydrogen-bond donors (Lipinski definition) is 1. The number of nitrogens with zero attached hydrogens (tertiary/aromatic N) is 3. The predicted molar refractivity (Wildman–Crippen MR) is 129 cm³/mol. The van der Waals surface area contributed by atoms with Crippen LogP contribution in [0, 0.1) is 11.3 Å². The molecule has 0 saturated heterocycles. The average Bonchev–Trinajstić information content (AvgIpc) is 3.54. The van der Waals surface area contributed by atoms with E-state index < -0.39 is 0 Å². The van der Waals surface area contributed by atoms with Gasteiger partial charge in [0, 0.05) is 22.1 Å². The molecule has 2 aliphatic carbocycles. The third-order valence-electron chi connectivity index (χ3n) is 6.58. The normalized spacial score (nSPS) is 15.1. The van der Waals surface area contributed by atoms with E-state index in [0.29, 0.717) is 38.8 Å². The summed E-state index contributed by atoms with van der Waals surface area (Å²) in [6.07, 6.45) is 6.15. The van der Waals surface area contributed by atoms with Gasteiger partial charge in [0.1, 0.15) is 22.5 Å². The number of rotatable bonds is 5. The third kappa shape index (κ3) is 3.53. The van der Waals surface area contributed by atoms with Gasteiger partial charge in [-0.1, -0.05) is 5.16 Å². The maximum Gasteiger partial charge on any atom is 0.259 e. The molecular weight excluding hydrogens is 448 g/mol. The molecule has 0 unspecified atom stereocenters. The lowest BCUT2D eigenvalue weighted by molar-refractivity contribution is 0.102. The van der Waals surface area contributed by atoms with Crippen LogP contribution in [0.25, 0.3) is 22.4 Å². The summed E-state index contributed by atoms with van der Waals surface area (Å²) in [6.45, 7) is 0. The number of benzene rings is 1. The van der Waals surface area contributed by atoms with E-state index >= 15 is 0 Å². The standard InChI is InChI=1S/C26H22N4O3S/c1-32-16-10-8-15(9-11-16)23-22-18(12-20(14-6-7-14)28-25(22)33-30-23)24(31)29-26-19(13-27)17-4-2-3-5-21(17)34-26/h8-12,14H,2-7H2,1H3,(H,29,31). The van der Waals surface area contributed by atoms with Gasteiger partial charge in [-0.05, 0) is 74.4 Å². The lowest BCUT2D eigenvalue weighted by atomic mass is 9.96. The van der Waals surface area contributed by atoms with Crippen LogP contribution in [-0.2, 0) is 12.8 Å². The predicted octanol–water partition coefficient (Wildman–Crippen LogP) is 5.84. The Balaban J connectivity index is 1.45. The van der Waals surface area contributed by atoms with Crippen molar-refractivity contribution in [3.8, 4) is 23.1 Å². The molecule has 0 aliphatic heterocycles. The highest BCUT2D eigenvalue weighted by Crippen LogP contribution is 2.42. The smallest absolute Gasteiger partial charge is 0.259 e. The second-order valence-electron chi connectivity index (χ2n) is 8.79. The minimum atomic E-state index is -0.276. The molecule has 3 heterocycles. The zero-order valence-electron chi connectivity index (χ0n) is 18.7. The molecular formula is C26H22N4O3S. The Morgan fingerprint density at radius 2 is 2.03 bits per heavy atom. The first kappa shape index (κ1) is 20.9. The quantitative estimate of drug-likeness (QED) is 0.393. The van der Waals surface area contributed by atoms with Gasteiger partial charge in [0.15, 0.2) is 0 Å². The molecule has 0 spiro atoms. The van der Waals surface area contributed by atoms with Crippen molar-refractivity contribution in [1.29, 1.82) is 5.26 Å². The summed E-state index contributed by atoms with van der Waals surface area (Å²) >= 11 is 1.52. The number of pyridine rings is 1. The van der Waals surface area contributed by atoms with Crippen molar-refractivity contribution in [2.75, 3.05) is 12.4 Å². The number of amides is 1. The summed E-state index contributed by atoms with van der Waals surface area (Å²) in [7, 11) is 1.62. The summed E-state index contributed by atoms with van der Waals surface area (Å²) in [4.78, 5) is 19.5. The molecule has 7 nitrogen and oxygen atoms in total. The number of thiophene rings is 1. The lowest BCUT2D eigenvalue weighted by Gasteiger charge is -2.09. The fourth-order valence-corrected chi connectivity index (χ4v) is 5.86. The largest absolute Gasteiger partial charge is 0.497 e. The average molecular weight is 471 g/mol. The van der Waals surface area contributed by atoms with E-state index in [-0.39, 0.29) is 5.91 Å². The molecule has 8 heteroatoms. The molecule has 6 rings (SSSR count). The Morgan fingerprint density at radius 1 is 1.24 bits per heavy atom. The van der Waals surface area contributed by atoms with Gasteiger partial charge in [0.2, 0.25) is 0 Å². The molecule has 1 amide bonds. The topological polar surface area (TPSA) is 101 Å². The second kappa shape index (κ2) is 8.26. The highest BCUT2D eigenvalue weighted by molar-refractivity contribution is 7.16. The van der Waals surface area contributed by atoms with E-state index in [0.717, 1.165) is 61.1 Å². The fourth-order valence-electron chi connectivity index (χ4n) is 4.63. The van der Waals surface area contributed by atoms with Crippen molar-refractivity contribution >= 4 is 33.3 Å². The van der Waals surface area contributed by atoms with Crippen molar-refractivity contribution in [2.24, 2.45) is 0 Å². The first-order valence-corrected chi connectivity index (χ1v) is 12.3. The van der Waals surface area contributed by atoms with Crippen LogP contribution < -0.4 is 10.1 Å². The number of fused-ring (bicyclic) bond motifs is 2. The number of methoxy groups -OCH3 is 1. The molecule has 0 atom stereocenters. The number of aryl methyl sites for hydroxylation is 1. The van der Waals surface area contributed by atoms with E-state index in [9.17, 15) is 10.1 Å². The highest BCUT2D eigenvalue weighted by Gasteiger charge is 2.30. The van der Waals surface area contributed by atoms with Gasteiger partial charge in [-0.2, -0.15) is 5.26 Å². The summed E-state index contributed by atoms with van der Waals surface area (Å²) in [5.41, 5.74) is 4.72. The second-order valence-corrected chi connectivity index (χ2v) is 9.89. The van der Waals surface area contributed by atoms with Crippen LogP contribution in [0.4, 0.5) is 5.00 Å². The Labute approximate surface area is 200 Å². The van der Waals surface area contributed by atoms with E-state index in [1.54, 1.807) is 7.11 Å². The lowest BCUT2D eigenvalue weighted by Crippen LogP contribution is -2.13. The van der Waals surface area contributed by atoms with Gasteiger partial charge in [-0.15, -0.1) is 11.3 Å². The van der Waals surface area contributed by atoms with Crippen LogP contribution in [0.2, 0.25) is 0 Å². The zero-order valence-corrected chi connectivity index (χ0v) is 19.5. The third-order valence-corrected chi connectivity index (χ3v) is 7.79. The fraction of sp³-hybridized carbons (Fsp3) is 0.308. The van der Waals surface area contributed by atoms with Crippen molar-refractivity contribution in [2.45, 2.75) is 44.4 Å². The molecule has 1 N–H and O–H groups in total. The minimum absolute atomic E-state index is 0.276. The van der Waals surface area contributed by atoms with Gasteiger partial charge in [0.25, 0.3) is 11.6 Å². The summed E-state index contributed by atoms with van der Waals surface area (Å²) in [5, 5.41) is 18.3. The van der Waals surface area contributed by atoms with Gasteiger partial charge < -0.3 is 14.6 Å².